The van der Waals surface area contributed by atoms with Crippen LogP contribution in [-0.2, 0) is 6.42 Å². The summed E-state index contributed by atoms with van der Waals surface area (Å²) in [4.78, 5) is 0. The quantitative estimate of drug-likeness (QED) is 0.780. The molecule has 0 radical (unpaired) electrons. The summed E-state index contributed by atoms with van der Waals surface area (Å²) < 4.78 is 0. The van der Waals surface area contributed by atoms with Crippen molar-refractivity contribution in [1.82, 2.24) is 0 Å². The van der Waals surface area contributed by atoms with E-state index in [-0.39, 0.29) is 0 Å². The number of hydrogen-bond donors (Lipinski definition) is 1. The first-order valence-corrected chi connectivity index (χ1v) is 5.78. The molecule has 1 nitrogen and oxygen atoms in total. The zero-order valence-electron chi connectivity index (χ0n) is 9.79. The number of benzene rings is 1. The van der Waals surface area contributed by atoms with Gasteiger partial charge < -0.3 is 5.73 Å². The van der Waals surface area contributed by atoms with Crippen LogP contribution in [0.25, 0.3) is 6.08 Å². The Hall–Kier alpha value is -1.08. The van der Waals surface area contributed by atoms with Crippen LogP contribution in [0, 0.1) is 0 Å². The second-order valence-corrected chi connectivity index (χ2v) is 3.79. The van der Waals surface area contributed by atoms with Gasteiger partial charge in [-0.05, 0) is 36.9 Å². The summed E-state index contributed by atoms with van der Waals surface area (Å²) >= 11 is 0. The zero-order valence-corrected chi connectivity index (χ0v) is 9.79. The van der Waals surface area contributed by atoms with Crippen LogP contribution in [-0.4, -0.2) is 6.54 Å². The summed E-state index contributed by atoms with van der Waals surface area (Å²) in [5.41, 5.74) is 9.64. The van der Waals surface area contributed by atoms with Crippen molar-refractivity contribution in [2.45, 2.75) is 33.1 Å². The molecule has 0 spiro atoms. The Morgan fingerprint density at radius 2 is 1.73 bits per heavy atom. The highest BCUT2D eigenvalue weighted by molar-refractivity contribution is 5.53. The molecule has 0 fully saturated rings. The molecule has 0 heterocycles. The van der Waals surface area contributed by atoms with E-state index in [2.05, 4.69) is 44.2 Å². The lowest BCUT2D eigenvalue weighted by atomic mass is 10.0. The van der Waals surface area contributed by atoms with Crippen molar-refractivity contribution in [1.29, 1.82) is 0 Å². The third-order valence-electron chi connectivity index (χ3n) is 2.69. The molecule has 1 aromatic rings. The first kappa shape index (κ1) is 12.0. The van der Waals surface area contributed by atoms with E-state index < -0.39 is 0 Å². The first-order valence-electron chi connectivity index (χ1n) is 5.78. The molecular weight excluding hydrogens is 182 g/mol. The van der Waals surface area contributed by atoms with E-state index in [9.17, 15) is 0 Å². The van der Waals surface area contributed by atoms with Crippen LogP contribution in [0.15, 0.2) is 29.8 Å². The largest absolute Gasteiger partial charge is 0.330 e. The molecule has 1 heteroatoms. The minimum Gasteiger partial charge on any atom is -0.330 e. The third-order valence-corrected chi connectivity index (χ3v) is 2.69. The average Bonchev–Trinajstić information content (AvgIpc) is 2.28. The van der Waals surface area contributed by atoms with Crippen LogP contribution >= 0.6 is 0 Å². The van der Waals surface area contributed by atoms with Gasteiger partial charge in [0.25, 0.3) is 0 Å². The lowest BCUT2D eigenvalue weighted by Crippen LogP contribution is -2.02. The molecule has 0 saturated heterocycles. The maximum atomic E-state index is 5.51. The molecule has 0 atom stereocenters. The van der Waals surface area contributed by atoms with Crippen LogP contribution in [0.2, 0.25) is 0 Å². The first-order chi connectivity index (χ1) is 7.30. The van der Waals surface area contributed by atoms with E-state index in [1.165, 1.54) is 16.7 Å². The Labute approximate surface area is 93.0 Å². The normalized spacial score (nSPS) is 10.1. The fraction of sp³-hybridized carbons (Fsp3) is 0.429. The van der Waals surface area contributed by atoms with Gasteiger partial charge in [-0.15, -0.1) is 0 Å². The average molecular weight is 203 g/mol. The molecule has 0 amide bonds. The van der Waals surface area contributed by atoms with Crippen molar-refractivity contribution in [3.05, 3.63) is 41.0 Å². The maximum Gasteiger partial charge on any atom is -0.00367 e. The molecule has 0 unspecified atom stereocenters. The highest BCUT2D eigenvalue weighted by Gasteiger charge is 1.94. The van der Waals surface area contributed by atoms with Crippen LogP contribution in [0.3, 0.4) is 0 Å². The molecule has 0 aliphatic rings. The van der Waals surface area contributed by atoms with Crippen molar-refractivity contribution >= 4 is 6.08 Å². The Bertz CT molecular complexity index is 303. The van der Waals surface area contributed by atoms with E-state index in [1.807, 2.05) is 0 Å². The van der Waals surface area contributed by atoms with Gasteiger partial charge in [0.05, 0.1) is 0 Å². The van der Waals surface area contributed by atoms with Crippen LogP contribution < -0.4 is 5.73 Å². The molecule has 0 aliphatic carbocycles. The third kappa shape index (κ3) is 3.88. The Kier molecular flexibility index (Phi) is 5.13. The van der Waals surface area contributed by atoms with Gasteiger partial charge in [-0.2, -0.15) is 0 Å². The number of allylic oxidation sites excluding steroid dienone is 1. The van der Waals surface area contributed by atoms with E-state index >= 15 is 0 Å². The molecule has 15 heavy (non-hydrogen) atoms. The predicted molar refractivity (Wildman–Crippen MR) is 67.8 cm³/mol. The van der Waals surface area contributed by atoms with Crippen molar-refractivity contribution < 1.29 is 0 Å². The van der Waals surface area contributed by atoms with Crippen LogP contribution in [0.5, 0.6) is 0 Å². The fourth-order valence-electron chi connectivity index (χ4n) is 1.64. The predicted octanol–water partition coefficient (Wildman–Crippen LogP) is 3.39. The van der Waals surface area contributed by atoms with Gasteiger partial charge in [0.1, 0.15) is 0 Å². The Morgan fingerprint density at radius 1 is 1.13 bits per heavy atom. The molecule has 1 aromatic carbocycles. The molecule has 0 bridgehead atoms. The maximum absolute atomic E-state index is 5.51. The van der Waals surface area contributed by atoms with Gasteiger partial charge in [-0.25, -0.2) is 0 Å². The summed E-state index contributed by atoms with van der Waals surface area (Å²) in [5, 5.41) is 0. The monoisotopic (exact) mass is 203 g/mol. The summed E-state index contributed by atoms with van der Waals surface area (Å²) in [6.07, 6.45) is 5.53. The summed E-state index contributed by atoms with van der Waals surface area (Å²) in [6, 6.07) is 8.69. The number of nitrogens with two attached hydrogens (primary N) is 1. The topological polar surface area (TPSA) is 26.0 Å². The van der Waals surface area contributed by atoms with Crippen molar-refractivity contribution in [2.75, 3.05) is 6.54 Å². The minimum atomic E-state index is 0.727. The smallest absolute Gasteiger partial charge is 0.00367 e. The van der Waals surface area contributed by atoms with Gasteiger partial charge in [-0.1, -0.05) is 49.8 Å². The SMILES string of the molecule is CCC(=Cc1ccc(CCN)cc1)CC. The minimum absolute atomic E-state index is 0.727. The fourth-order valence-corrected chi connectivity index (χ4v) is 1.64. The Morgan fingerprint density at radius 3 is 2.20 bits per heavy atom. The van der Waals surface area contributed by atoms with E-state index in [1.54, 1.807) is 0 Å². The van der Waals surface area contributed by atoms with Gasteiger partial charge >= 0.3 is 0 Å². The van der Waals surface area contributed by atoms with Gasteiger partial charge in [0, 0.05) is 0 Å². The zero-order chi connectivity index (χ0) is 11.1. The molecule has 1 rings (SSSR count). The van der Waals surface area contributed by atoms with Crippen LogP contribution in [0.1, 0.15) is 37.8 Å². The molecule has 0 aliphatic heterocycles. The number of rotatable bonds is 5. The van der Waals surface area contributed by atoms with Gasteiger partial charge in [0.15, 0.2) is 0 Å². The highest BCUT2D eigenvalue weighted by Crippen LogP contribution is 2.13. The molecule has 2 N–H and O–H groups in total. The number of hydrogen-bond acceptors (Lipinski definition) is 1. The molecule has 82 valence electrons. The Balaban J connectivity index is 2.75. The highest BCUT2D eigenvalue weighted by atomic mass is 14.5. The second-order valence-electron chi connectivity index (χ2n) is 3.79. The molecular formula is C14H21N. The lowest BCUT2D eigenvalue weighted by molar-refractivity contribution is 0.968. The van der Waals surface area contributed by atoms with Gasteiger partial charge in [0.2, 0.25) is 0 Å². The second kappa shape index (κ2) is 6.41. The summed E-state index contributed by atoms with van der Waals surface area (Å²) in [6.45, 7) is 5.14. The van der Waals surface area contributed by atoms with Crippen LogP contribution in [0.4, 0.5) is 0 Å². The molecule has 0 saturated carbocycles. The van der Waals surface area contributed by atoms with E-state index in [0.29, 0.717) is 0 Å². The van der Waals surface area contributed by atoms with Gasteiger partial charge in [-0.3, -0.25) is 0 Å². The van der Waals surface area contributed by atoms with Crippen molar-refractivity contribution in [2.24, 2.45) is 5.73 Å². The standard InChI is InChI=1S/C14H21N/c1-3-12(4-2)11-14-7-5-13(6-8-14)9-10-15/h5-8,11H,3-4,9-10,15H2,1-2H3. The van der Waals surface area contributed by atoms with Crippen molar-refractivity contribution in [3.8, 4) is 0 Å². The lowest BCUT2D eigenvalue weighted by Gasteiger charge is -2.02. The molecule has 0 aromatic heterocycles. The van der Waals surface area contributed by atoms with Crippen molar-refractivity contribution in [3.63, 3.8) is 0 Å². The summed E-state index contributed by atoms with van der Waals surface area (Å²) in [5.74, 6) is 0. The van der Waals surface area contributed by atoms with E-state index in [0.717, 1.165) is 25.8 Å². The summed E-state index contributed by atoms with van der Waals surface area (Å²) in [7, 11) is 0. The van der Waals surface area contributed by atoms with E-state index in [4.69, 9.17) is 5.73 Å².